The minimum absolute atomic E-state index is 0.00729. The van der Waals surface area contributed by atoms with Crippen molar-refractivity contribution in [1.82, 2.24) is 5.32 Å². The van der Waals surface area contributed by atoms with E-state index >= 15 is 0 Å². The Morgan fingerprint density at radius 2 is 2.21 bits per heavy atom. The fraction of sp³-hybridized carbons (Fsp3) is 0.500. The predicted octanol–water partition coefficient (Wildman–Crippen LogP) is 1.44. The largest absolute Gasteiger partial charge is 0.352 e. The van der Waals surface area contributed by atoms with Crippen molar-refractivity contribution >= 4 is 15.7 Å². The molecule has 1 amide bonds. The predicted molar refractivity (Wildman–Crippen MR) is 74.4 cm³/mol. The third kappa shape index (κ3) is 4.06. The van der Waals surface area contributed by atoms with Gasteiger partial charge in [0, 0.05) is 6.54 Å². The lowest BCUT2D eigenvalue weighted by molar-refractivity contribution is -0.124. The zero-order chi connectivity index (χ0) is 13.9. The lowest BCUT2D eigenvalue weighted by Gasteiger charge is -2.21. The number of aryl methyl sites for hydroxylation is 1. The van der Waals surface area contributed by atoms with Gasteiger partial charge >= 0.3 is 0 Å². The van der Waals surface area contributed by atoms with Crippen molar-refractivity contribution in [3.63, 3.8) is 0 Å². The van der Waals surface area contributed by atoms with E-state index < -0.39 is 9.84 Å². The molecule has 1 atom stereocenters. The van der Waals surface area contributed by atoms with E-state index in [0.717, 1.165) is 11.1 Å². The molecule has 1 aliphatic rings. The average molecular weight is 281 g/mol. The number of hydrogen-bond acceptors (Lipinski definition) is 3. The van der Waals surface area contributed by atoms with Crippen LogP contribution < -0.4 is 5.32 Å². The van der Waals surface area contributed by atoms with Crippen molar-refractivity contribution < 1.29 is 13.2 Å². The third-order valence-corrected chi connectivity index (χ3v) is 5.20. The topological polar surface area (TPSA) is 63.2 Å². The summed E-state index contributed by atoms with van der Waals surface area (Å²) < 4.78 is 23.0. The lowest BCUT2D eigenvalue weighted by Crippen LogP contribution is -2.37. The monoisotopic (exact) mass is 281 g/mol. The summed E-state index contributed by atoms with van der Waals surface area (Å²) in [7, 11) is -3.03. The second-order valence-electron chi connectivity index (χ2n) is 5.16. The van der Waals surface area contributed by atoms with Gasteiger partial charge in [0.1, 0.15) is 0 Å². The Balaban J connectivity index is 1.91. The zero-order valence-electron chi connectivity index (χ0n) is 11.1. The summed E-state index contributed by atoms with van der Waals surface area (Å²) in [5.74, 6) is -0.324. The van der Waals surface area contributed by atoms with Gasteiger partial charge in [-0.05, 0) is 25.3 Å². The van der Waals surface area contributed by atoms with Gasteiger partial charge in [0.2, 0.25) is 5.91 Å². The molecular weight excluding hydrogens is 262 g/mol. The van der Waals surface area contributed by atoms with Crippen molar-refractivity contribution in [2.24, 2.45) is 5.92 Å². The van der Waals surface area contributed by atoms with Gasteiger partial charge in [-0.2, -0.15) is 0 Å². The molecule has 1 aromatic carbocycles. The minimum Gasteiger partial charge on any atom is -0.352 e. The highest BCUT2D eigenvalue weighted by Gasteiger charge is 2.29. The van der Waals surface area contributed by atoms with Crippen LogP contribution in [0.25, 0.3) is 0 Å². The number of amides is 1. The molecular formula is C14H19NO3S. The molecule has 0 radical (unpaired) electrons. The van der Waals surface area contributed by atoms with Crippen LogP contribution in [0.4, 0.5) is 0 Å². The Kier molecular flexibility index (Phi) is 4.24. The average Bonchev–Trinajstić information content (AvgIpc) is 2.35. The standard InChI is InChI=1S/C14H19NO3S/c1-11-4-2-5-12(8-11)9-15-14(16)13-6-3-7-19(17,18)10-13/h2,4-5,8,13H,3,6-7,9-10H2,1H3,(H,15,16). The summed E-state index contributed by atoms with van der Waals surface area (Å²) in [5.41, 5.74) is 2.18. The van der Waals surface area contributed by atoms with E-state index in [2.05, 4.69) is 5.32 Å². The van der Waals surface area contributed by atoms with Crippen LogP contribution in [0.3, 0.4) is 0 Å². The first-order valence-corrected chi connectivity index (χ1v) is 8.32. The van der Waals surface area contributed by atoms with E-state index in [9.17, 15) is 13.2 Å². The first-order chi connectivity index (χ1) is 8.96. The maximum Gasteiger partial charge on any atom is 0.224 e. The maximum atomic E-state index is 12.0. The van der Waals surface area contributed by atoms with E-state index in [0.29, 0.717) is 19.4 Å². The van der Waals surface area contributed by atoms with Crippen LogP contribution in [-0.2, 0) is 21.2 Å². The first kappa shape index (κ1) is 14.1. The molecule has 1 heterocycles. The van der Waals surface area contributed by atoms with Crippen LogP contribution in [0.1, 0.15) is 24.0 Å². The number of rotatable bonds is 3. The molecule has 1 fully saturated rings. The second-order valence-corrected chi connectivity index (χ2v) is 7.39. The minimum atomic E-state index is -3.03. The fourth-order valence-electron chi connectivity index (χ4n) is 2.39. The molecule has 19 heavy (non-hydrogen) atoms. The van der Waals surface area contributed by atoms with Crippen LogP contribution in [0.5, 0.6) is 0 Å². The highest BCUT2D eigenvalue weighted by atomic mass is 32.2. The number of carbonyl (C=O) groups excluding carboxylic acids is 1. The highest BCUT2D eigenvalue weighted by molar-refractivity contribution is 7.91. The molecule has 0 spiro atoms. The summed E-state index contributed by atoms with van der Waals surface area (Å²) in [5, 5.41) is 2.83. The Bertz CT molecular complexity index is 566. The summed E-state index contributed by atoms with van der Waals surface area (Å²) in [6.45, 7) is 2.45. The van der Waals surface area contributed by atoms with Crippen molar-refractivity contribution in [2.75, 3.05) is 11.5 Å². The number of hydrogen-bond donors (Lipinski definition) is 1. The second kappa shape index (κ2) is 5.74. The van der Waals surface area contributed by atoms with Gasteiger partial charge in [-0.15, -0.1) is 0 Å². The Labute approximate surface area is 114 Å². The molecule has 1 saturated heterocycles. The zero-order valence-corrected chi connectivity index (χ0v) is 11.9. The van der Waals surface area contributed by atoms with Gasteiger partial charge in [0.15, 0.2) is 9.84 Å². The normalized spacial score (nSPS) is 21.8. The molecule has 1 N–H and O–H groups in total. The van der Waals surface area contributed by atoms with Gasteiger partial charge in [-0.3, -0.25) is 4.79 Å². The number of nitrogens with one attached hydrogen (secondary N) is 1. The van der Waals surface area contributed by atoms with E-state index in [4.69, 9.17) is 0 Å². The van der Waals surface area contributed by atoms with Gasteiger partial charge in [-0.1, -0.05) is 29.8 Å². The van der Waals surface area contributed by atoms with Gasteiger partial charge < -0.3 is 5.32 Å². The summed E-state index contributed by atoms with van der Waals surface area (Å²) in [6.07, 6.45) is 1.25. The Hall–Kier alpha value is -1.36. The van der Waals surface area contributed by atoms with Gasteiger partial charge in [0.25, 0.3) is 0 Å². The SMILES string of the molecule is Cc1cccc(CNC(=O)C2CCCS(=O)(=O)C2)c1. The fourth-order valence-corrected chi connectivity index (χ4v) is 4.09. The summed E-state index contributed by atoms with van der Waals surface area (Å²) >= 11 is 0. The molecule has 104 valence electrons. The molecule has 0 aliphatic carbocycles. The highest BCUT2D eigenvalue weighted by Crippen LogP contribution is 2.18. The first-order valence-electron chi connectivity index (χ1n) is 6.50. The van der Waals surface area contributed by atoms with Crippen LogP contribution in [0.15, 0.2) is 24.3 Å². The molecule has 0 saturated carbocycles. The van der Waals surface area contributed by atoms with Crippen LogP contribution in [0, 0.1) is 12.8 Å². The van der Waals surface area contributed by atoms with E-state index in [1.807, 2.05) is 31.2 Å². The van der Waals surface area contributed by atoms with Crippen LogP contribution in [-0.4, -0.2) is 25.8 Å². The van der Waals surface area contributed by atoms with Crippen molar-refractivity contribution in [2.45, 2.75) is 26.3 Å². The molecule has 1 aliphatic heterocycles. The molecule has 0 bridgehead atoms. The summed E-state index contributed by atoms with van der Waals surface area (Å²) in [6, 6.07) is 7.91. The van der Waals surface area contributed by atoms with E-state index in [-0.39, 0.29) is 23.3 Å². The maximum absolute atomic E-state index is 12.0. The molecule has 1 unspecified atom stereocenters. The lowest BCUT2D eigenvalue weighted by atomic mass is 10.0. The van der Waals surface area contributed by atoms with Gasteiger partial charge in [0.05, 0.1) is 17.4 Å². The van der Waals surface area contributed by atoms with E-state index in [1.165, 1.54) is 0 Å². The molecule has 0 aromatic heterocycles. The summed E-state index contributed by atoms with van der Waals surface area (Å²) in [4.78, 5) is 12.0. The molecule has 1 aromatic rings. The van der Waals surface area contributed by atoms with Crippen LogP contribution in [0.2, 0.25) is 0 Å². The van der Waals surface area contributed by atoms with Crippen molar-refractivity contribution in [3.8, 4) is 0 Å². The number of sulfone groups is 1. The van der Waals surface area contributed by atoms with Crippen LogP contribution >= 0.6 is 0 Å². The van der Waals surface area contributed by atoms with Crippen molar-refractivity contribution in [3.05, 3.63) is 35.4 Å². The Morgan fingerprint density at radius 3 is 2.89 bits per heavy atom. The van der Waals surface area contributed by atoms with Crippen molar-refractivity contribution in [1.29, 1.82) is 0 Å². The third-order valence-electron chi connectivity index (χ3n) is 3.38. The number of carbonyl (C=O) groups is 1. The smallest absolute Gasteiger partial charge is 0.224 e. The number of benzene rings is 1. The van der Waals surface area contributed by atoms with Gasteiger partial charge in [-0.25, -0.2) is 8.42 Å². The molecule has 5 heteroatoms. The van der Waals surface area contributed by atoms with E-state index in [1.54, 1.807) is 0 Å². The Morgan fingerprint density at radius 1 is 1.42 bits per heavy atom. The molecule has 4 nitrogen and oxygen atoms in total. The quantitative estimate of drug-likeness (QED) is 0.911. The molecule has 2 rings (SSSR count).